The molecule has 0 radical (unpaired) electrons. The molecule has 0 aliphatic heterocycles. The van der Waals surface area contributed by atoms with Gasteiger partial charge in [0.25, 0.3) is 5.89 Å². The van der Waals surface area contributed by atoms with Gasteiger partial charge in [0.15, 0.2) is 0 Å². The number of carbonyl (C=O) groups is 1. The van der Waals surface area contributed by atoms with Crippen LogP contribution < -0.4 is 0 Å². The highest BCUT2D eigenvalue weighted by atomic mass is 32.1. The number of thiophene rings is 1. The van der Waals surface area contributed by atoms with Gasteiger partial charge in [-0.1, -0.05) is 13.0 Å². The lowest BCUT2D eigenvalue weighted by molar-refractivity contribution is -0.137. The van der Waals surface area contributed by atoms with E-state index < -0.39 is 5.97 Å². The summed E-state index contributed by atoms with van der Waals surface area (Å²) in [5.74, 6) is 0.221. The second-order valence-electron chi connectivity index (χ2n) is 3.99. The van der Waals surface area contributed by atoms with E-state index in [0.29, 0.717) is 24.9 Å². The van der Waals surface area contributed by atoms with E-state index in [1.165, 1.54) is 0 Å². The molecule has 6 nitrogen and oxygen atoms in total. The van der Waals surface area contributed by atoms with Crippen molar-refractivity contribution in [1.82, 2.24) is 15.1 Å². The van der Waals surface area contributed by atoms with Crippen LogP contribution in [-0.4, -0.2) is 39.3 Å². The standard InChI is InChI=1S/C12H15N3O3S/c1-2-15(6-5-11(16)17)8-10-13-14-12(18-10)9-4-3-7-19-9/h3-4,7H,2,5-6,8H2,1H3,(H,16,17). The number of hydrogen-bond acceptors (Lipinski definition) is 6. The fourth-order valence-corrected chi connectivity index (χ4v) is 2.26. The molecule has 0 spiro atoms. The first-order valence-electron chi connectivity index (χ1n) is 5.99. The van der Waals surface area contributed by atoms with E-state index in [1.807, 2.05) is 29.3 Å². The van der Waals surface area contributed by atoms with Gasteiger partial charge in [0.1, 0.15) is 0 Å². The van der Waals surface area contributed by atoms with Gasteiger partial charge in [0, 0.05) is 6.54 Å². The van der Waals surface area contributed by atoms with Crippen molar-refractivity contribution in [2.24, 2.45) is 0 Å². The average molecular weight is 281 g/mol. The first-order valence-corrected chi connectivity index (χ1v) is 6.87. The quantitative estimate of drug-likeness (QED) is 0.837. The van der Waals surface area contributed by atoms with Crippen molar-refractivity contribution < 1.29 is 14.3 Å². The van der Waals surface area contributed by atoms with Crippen LogP contribution in [0, 0.1) is 0 Å². The zero-order valence-corrected chi connectivity index (χ0v) is 11.4. The van der Waals surface area contributed by atoms with Gasteiger partial charge in [-0.2, -0.15) is 0 Å². The Hall–Kier alpha value is -1.73. The molecule has 2 rings (SSSR count). The summed E-state index contributed by atoms with van der Waals surface area (Å²) < 4.78 is 5.57. The van der Waals surface area contributed by atoms with Gasteiger partial charge >= 0.3 is 5.97 Å². The molecule has 2 aromatic rings. The zero-order chi connectivity index (χ0) is 13.7. The smallest absolute Gasteiger partial charge is 0.304 e. The van der Waals surface area contributed by atoms with Crippen molar-refractivity contribution in [1.29, 1.82) is 0 Å². The highest BCUT2D eigenvalue weighted by Gasteiger charge is 2.13. The van der Waals surface area contributed by atoms with Crippen LogP contribution in [0.15, 0.2) is 21.9 Å². The number of carboxylic acids is 1. The predicted octanol–water partition coefficient (Wildman–Crippen LogP) is 2.09. The van der Waals surface area contributed by atoms with Gasteiger partial charge in [-0.05, 0) is 18.0 Å². The molecule has 7 heteroatoms. The Morgan fingerprint density at radius 1 is 1.53 bits per heavy atom. The molecule has 0 saturated carbocycles. The van der Waals surface area contributed by atoms with Crippen LogP contribution in [-0.2, 0) is 11.3 Å². The number of aliphatic carboxylic acids is 1. The Morgan fingerprint density at radius 2 is 2.37 bits per heavy atom. The van der Waals surface area contributed by atoms with Gasteiger partial charge in [-0.25, -0.2) is 0 Å². The minimum Gasteiger partial charge on any atom is -0.481 e. The number of aromatic nitrogens is 2. The van der Waals surface area contributed by atoms with Crippen molar-refractivity contribution in [3.8, 4) is 10.8 Å². The molecule has 0 unspecified atom stereocenters. The summed E-state index contributed by atoms with van der Waals surface area (Å²) in [6.45, 7) is 3.66. The third kappa shape index (κ3) is 3.87. The fourth-order valence-electron chi connectivity index (χ4n) is 1.61. The molecule has 0 aromatic carbocycles. The van der Waals surface area contributed by atoms with E-state index in [4.69, 9.17) is 9.52 Å². The SMILES string of the molecule is CCN(CCC(=O)O)Cc1nnc(-c2cccs2)o1. The molecule has 102 valence electrons. The van der Waals surface area contributed by atoms with Crippen LogP contribution in [0.2, 0.25) is 0 Å². The Labute approximate surface area is 114 Å². The minimum atomic E-state index is -0.803. The highest BCUT2D eigenvalue weighted by molar-refractivity contribution is 7.13. The van der Waals surface area contributed by atoms with Crippen LogP contribution in [0.25, 0.3) is 10.8 Å². The Balaban J connectivity index is 1.96. The van der Waals surface area contributed by atoms with Gasteiger partial charge < -0.3 is 9.52 Å². The number of hydrogen-bond donors (Lipinski definition) is 1. The van der Waals surface area contributed by atoms with E-state index in [9.17, 15) is 4.79 Å². The van der Waals surface area contributed by atoms with Crippen LogP contribution in [0.3, 0.4) is 0 Å². The molecule has 0 saturated heterocycles. The summed E-state index contributed by atoms with van der Waals surface area (Å²) in [6.07, 6.45) is 0.111. The molecule has 19 heavy (non-hydrogen) atoms. The van der Waals surface area contributed by atoms with Crippen LogP contribution >= 0.6 is 11.3 Å². The third-order valence-electron chi connectivity index (χ3n) is 2.65. The van der Waals surface area contributed by atoms with Crippen molar-refractivity contribution in [2.45, 2.75) is 19.9 Å². The monoisotopic (exact) mass is 281 g/mol. The summed E-state index contributed by atoms with van der Waals surface area (Å²) >= 11 is 1.54. The maximum atomic E-state index is 10.6. The lowest BCUT2D eigenvalue weighted by Crippen LogP contribution is -2.25. The first kappa shape index (κ1) is 13.7. The van der Waals surface area contributed by atoms with Gasteiger partial charge in [0.2, 0.25) is 5.89 Å². The van der Waals surface area contributed by atoms with Gasteiger partial charge in [0.05, 0.1) is 17.8 Å². The lowest BCUT2D eigenvalue weighted by atomic mass is 10.3. The van der Waals surface area contributed by atoms with E-state index >= 15 is 0 Å². The summed E-state index contributed by atoms with van der Waals surface area (Å²) in [7, 11) is 0. The van der Waals surface area contributed by atoms with E-state index in [1.54, 1.807) is 11.3 Å². The molecule has 0 bridgehead atoms. The van der Waals surface area contributed by atoms with E-state index in [0.717, 1.165) is 11.4 Å². The lowest BCUT2D eigenvalue weighted by Gasteiger charge is -2.16. The van der Waals surface area contributed by atoms with Crippen LogP contribution in [0.5, 0.6) is 0 Å². The maximum absolute atomic E-state index is 10.6. The predicted molar refractivity (Wildman–Crippen MR) is 70.8 cm³/mol. The second kappa shape index (κ2) is 6.44. The summed E-state index contributed by atoms with van der Waals surface area (Å²) in [6, 6.07) is 3.85. The fraction of sp³-hybridized carbons (Fsp3) is 0.417. The van der Waals surface area contributed by atoms with Crippen molar-refractivity contribution in [3.63, 3.8) is 0 Å². The Bertz CT molecular complexity index is 524. The molecular formula is C12H15N3O3S. The van der Waals surface area contributed by atoms with E-state index in [-0.39, 0.29) is 6.42 Å². The molecule has 0 amide bonds. The maximum Gasteiger partial charge on any atom is 0.304 e. The third-order valence-corrected chi connectivity index (χ3v) is 3.50. The minimum absolute atomic E-state index is 0.111. The molecular weight excluding hydrogens is 266 g/mol. The molecule has 0 aliphatic carbocycles. The largest absolute Gasteiger partial charge is 0.481 e. The highest BCUT2D eigenvalue weighted by Crippen LogP contribution is 2.23. The summed E-state index contributed by atoms with van der Waals surface area (Å²) in [4.78, 5) is 13.5. The molecule has 2 aromatic heterocycles. The summed E-state index contributed by atoms with van der Waals surface area (Å²) in [5.41, 5.74) is 0. The molecule has 0 atom stereocenters. The van der Waals surface area contributed by atoms with Gasteiger partial charge in [-0.3, -0.25) is 9.69 Å². The molecule has 2 heterocycles. The molecule has 0 aliphatic rings. The Kier molecular flexibility index (Phi) is 4.64. The average Bonchev–Trinajstić information content (AvgIpc) is 3.04. The van der Waals surface area contributed by atoms with Crippen molar-refractivity contribution in [3.05, 3.63) is 23.4 Å². The second-order valence-corrected chi connectivity index (χ2v) is 4.94. The Morgan fingerprint density at radius 3 is 3.00 bits per heavy atom. The zero-order valence-electron chi connectivity index (χ0n) is 10.6. The van der Waals surface area contributed by atoms with Crippen LogP contribution in [0.4, 0.5) is 0 Å². The topological polar surface area (TPSA) is 79.5 Å². The van der Waals surface area contributed by atoms with Crippen molar-refractivity contribution in [2.75, 3.05) is 13.1 Å². The first-order chi connectivity index (χ1) is 9.19. The summed E-state index contributed by atoms with van der Waals surface area (Å²) in [5, 5.41) is 18.6. The number of nitrogens with zero attached hydrogens (tertiary/aromatic N) is 3. The number of rotatable bonds is 7. The van der Waals surface area contributed by atoms with Crippen LogP contribution in [0.1, 0.15) is 19.2 Å². The normalized spacial score (nSPS) is 11.1. The molecule has 1 N–H and O–H groups in total. The van der Waals surface area contributed by atoms with E-state index in [2.05, 4.69) is 10.2 Å². The number of carboxylic acid groups (broad SMARTS) is 1. The molecule has 0 fully saturated rings. The van der Waals surface area contributed by atoms with Gasteiger partial charge in [-0.15, -0.1) is 21.5 Å². The van der Waals surface area contributed by atoms with Crippen molar-refractivity contribution >= 4 is 17.3 Å².